The predicted molar refractivity (Wildman–Crippen MR) is 130 cm³/mol. The SMILES string of the molecule is NC(=O)c1ccc(Oc2ccc(CN3CCC(N4CCN(C5CCOCC5)C4=O)CC3)cn2)cc1. The van der Waals surface area contributed by atoms with Crippen LogP contribution in [0.25, 0.3) is 0 Å². The number of carbonyl (C=O) groups is 2. The van der Waals surface area contributed by atoms with E-state index in [1.807, 2.05) is 18.3 Å². The molecular weight excluding hydrogens is 446 g/mol. The molecule has 3 aliphatic rings. The molecule has 4 heterocycles. The van der Waals surface area contributed by atoms with Crippen LogP contribution in [0.2, 0.25) is 0 Å². The Morgan fingerprint density at radius 1 is 0.943 bits per heavy atom. The minimum Gasteiger partial charge on any atom is -0.439 e. The molecule has 0 spiro atoms. The third kappa shape index (κ3) is 5.57. The maximum atomic E-state index is 13.0. The lowest BCUT2D eigenvalue weighted by Gasteiger charge is -2.37. The van der Waals surface area contributed by atoms with Crippen molar-refractivity contribution >= 4 is 11.9 Å². The van der Waals surface area contributed by atoms with Gasteiger partial charge in [0.25, 0.3) is 0 Å². The van der Waals surface area contributed by atoms with Crippen LogP contribution in [0.5, 0.6) is 11.6 Å². The van der Waals surface area contributed by atoms with Gasteiger partial charge >= 0.3 is 6.03 Å². The fourth-order valence-corrected chi connectivity index (χ4v) is 5.27. The molecular formula is C26H33N5O4. The Labute approximate surface area is 205 Å². The van der Waals surface area contributed by atoms with Gasteiger partial charge in [-0.05, 0) is 55.5 Å². The average Bonchev–Trinajstić information content (AvgIpc) is 3.28. The molecule has 0 radical (unpaired) electrons. The topological polar surface area (TPSA) is 101 Å². The van der Waals surface area contributed by atoms with E-state index < -0.39 is 5.91 Å². The van der Waals surface area contributed by atoms with Gasteiger partial charge in [0, 0.05) is 75.8 Å². The predicted octanol–water partition coefficient (Wildman–Crippen LogP) is 2.85. The molecule has 3 fully saturated rings. The molecule has 9 nitrogen and oxygen atoms in total. The highest BCUT2D eigenvalue weighted by atomic mass is 16.5. The van der Waals surface area contributed by atoms with Crippen molar-refractivity contribution in [3.63, 3.8) is 0 Å². The second-order valence-corrected chi connectivity index (χ2v) is 9.52. The fourth-order valence-electron chi connectivity index (χ4n) is 5.27. The second kappa shape index (κ2) is 10.6. The lowest BCUT2D eigenvalue weighted by Crippen LogP contribution is -2.48. The molecule has 2 aromatic rings. The average molecular weight is 480 g/mol. The molecule has 9 heteroatoms. The van der Waals surface area contributed by atoms with Gasteiger partial charge in [-0.25, -0.2) is 9.78 Å². The number of nitrogens with two attached hydrogens (primary N) is 1. The number of hydrogen-bond donors (Lipinski definition) is 1. The minimum atomic E-state index is -0.466. The van der Waals surface area contributed by atoms with Gasteiger partial charge in [-0.2, -0.15) is 0 Å². The van der Waals surface area contributed by atoms with Crippen molar-refractivity contribution in [3.8, 4) is 11.6 Å². The standard InChI is InChI=1S/C26H33N5O4/c27-25(32)20-2-4-23(5-3-20)35-24-6-1-19(17-28-24)18-29-11-7-21(8-12-29)30-13-14-31(26(30)33)22-9-15-34-16-10-22/h1-6,17,21-22H,7-16,18H2,(H2,27,32). The van der Waals surface area contributed by atoms with E-state index in [-0.39, 0.29) is 6.03 Å². The summed E-state index contributed by atoms with van der Waals surface area (Å²) in [5.74, 6) is 0.636. The number of carbonyl (C=O) groups excluding carboxylic acids is 2. The summed E-state index contributed by atoms with van der Waals surface area (Å²) in [5.41, 5.74) is 6.84. The van der Waals surface area contributed by atoms with Crippen molar-refractivity contribution in [2.24, 2.45) is 5.73 Å². The Morgan fingerprint density at radius 2 is 1.60 bits per heavy atom. The van der Waals surface area contributed by atoms with Gasteiger partial charge in [-0.3, -0.25) is 9.69 Å². The zero-order chi connectivity index (χ0) is 24.2. The van der Waals surface area contributed by atoms with E-state index in [1.165, 1.54) is 0 Å². The van der Waals surface area contributed by atoms with Gasteiger partial charge in [0.15, 0.2) is 0 Å². The molecule has 186 valence electrons. The maximum Gasteiger partial charge on any atom is 0.320 e. The molecule has 1 aromatic heterocycles. The first-order valence-electron chi connectivity index (χ1n) is 12.5. The van der Waals surface area contributed by atoms with Gasteiger partial charge in [-0.15, -0.1) is 0 Å². The number of ether oxygens (including phenoxy) is 2. The van der Waals surface area contributed by atoms with Crippen LogP contribution in [0.3, 0.4) is 0 Å². The largest absolute Gasteiger partial charge is 0.439 e. The number of likely N-dealkylation sites (tertiary alicyclic amines) is 1. The van der Waals surface area contributed by atoms with Crippen molar-refractivity contribution < 1.29 is 19.1 Å². The highest BCUT2D eigenvalue weighted by Gasteiger charge is 2.38. The van der Waals surface area contributed by atoms with Crippen LogP contribution in [-0.2, 0) is 11.3 Å². The fraction of sp³-hybridized carbons (Fsp3) is 0.500. The quantitative estimate of drug-likeness (QED) is 0.655. The van der Waals surface area contributed by atoms with Crippen LogP contribution in [-0.4, -0.2) is 83.1 Å². The summed E-state index contributed by atoms with van der Waals surface area (Å²) in [6.45, 7) is 5.98. The molecule has 0 saturated carbocycles. The zero-order valence-electron chi connectivity index (χ0n) is 20.0. The highest BCUT2D eigenvalue weighted by molar-refractivity contribution is 5.92. The lowest BCUT2D eigenvalue weighted by atomic mass is 10.0. The van der Waals surface area contributed by atoms with Crippen LogP contribution in [0.1, 0.15) is 41.6 Å². The summed E-state index contributed by atoms with van der Waals surface area (Å²) in [5, 5.41) is 0. The summed E-state index contributed by atoms with van der Waals surface area (Å²) in [6, 6.07) is 11.5. The number of aromatic nitrogens is 1. The van der Waals surface area contributed by atoms with Gasteiger partial charge < -0.3 is 25.0 Å². The van der Waals surface area contributed by atoms with E-state index in [0.29, 0.717) is 29.3 Å². The number of rotatable bonds is 7. The number of primary amides is 1. The van der Waals surface area contributed by atoms with Crippen LogP contribution >= 0.6 is 0 Å². The van der Waals surface area contributed by atoms with E-state index in [2.05, 4.69) is 19.7 Å². The summed E-state index contributed by atoms with van der Waals surface area (Å²) < 4.78 is 11.2. The molecule has 0 aliphatic carbocycles. The molecule has 1 aromatic carbocycles. The van der Waals surface area contributed by atoms with Crippen LogP contribution in [0.15, 0.2) is 42.6 Å². The van der Waals surface area contributed by atoms with E-state index in [1.54, 1.807) is 24.3 Å². The van der Waals surface area contributed by atoms with E-state index in [0.717, 1.165) is 77.2 Å². The van der Waals surface area contributed by atoms with Crippen molar-refractivity contribution in [1.82, 2.24) is 19.7 Å². The summed E-state index contributed by atoms with van der Waals surface area (Å²) in [6.07, 6.45) is 5.76. The monoisotopic (exact) mass is 479 g/mol. The number of urea groups is 1. The van der Waals surface area contributed by atoms with Crippen molar-refractivity contribution in [3.05, 3.63) is 53.7 Å². The Bertz CT molecular complexity index is 1020. The van der Waals surface area contributed by atoms with Crippen LogP contribution in [0, 0.1) is 0 Å². The third-order valence-electron chi connectivity index (χ3n) is 7.27. The van der Waals surface area contributed by atoms with Gasteiger partial charge in [0.05, 0.1) is 0 Å². The van der Waals surface area contributed by atoms with Crippen LogP contribution < -0.4 is 10.5 Å². The third-order valence-corrected chi connectivity index (χ3v) is 7.27. The normalized spacial score (nSPS) is 20.4. The van der Waals surface area contributed by atoms with Gasteiger partial charge in [0.2, 0.25) is 11.8 Å². The second-order valence-electron chi connectivity index (χ2n) is 9.52. The molecule has 5 rings (SSSR count). The smallest absolute Gasteiger partial charge is 0.320 e. The van der Waals surface area contributed by atoms with E-state index >= 15 is 0 Å². The van der Waals surface area contributed by atoms with Crippen molar-refractivity contribution in [2.45, 2.75) is 44.3 Å². The maximum absolute atomic E-state index is 13.0. The Morgan fingerprint density at radius 3 is 2.20 bits per heavy atom. The van der Waals surface area contributed by atoms with E-state index in [4.69, 9.17) is 15.2 Å². The van der Waals surface area contributed by atoms with E-state index in [9.17, 15) is 9.59 Å². The lowest BCUT2D eigenvalue weighted by molar-refractivity contribution is 0.0493. The first kappa shape index (κ1) is 23.6. The Hall–Kier alpha value is -3.17. The number of pyridine rings is 1. The number of benzene rings is 1. The van der Waals surface area contributed by atoms with Gasteiger partial charge in [0.1, 0.15) is 5.75 Å². The minimum absolute atomic E-state index is 0.222. The van der Waals surface area contributed by atoms with Crippen molar-refractivity contribution in [1.29, 1.82) is 0 Å². The first-order valence-corrected chi connectivity index (χ1v) is 12.5. The summed E-state index contributed by atoms with van der Waals surface area (Å²) in [7, 11) is 0. The van der Waals surface area contributed by atoms with Crippen LogP contribution in [0.4, 0.5) is 4.79 Å². The van der Waals surface area contributed by atoms with Crippen molar-refractivity contribution in [2.75, 3.05) is 39.4 Å². The number of piperidine rings is 1. The molecule has 3 amide bonds. The van der Waals surface area contributed by atoms with Gasteiger partial charge in [-0.1, -0.05) is 6.07 Å². The Kier molecular flexibility index (Phi) is 7.15. The molecule has 0 bridgehead atoms. The number of hydrogen-bond acceptors (Lipinski definition) is 6. The molecule has 3 aliphatic heterocycles. The molecule has 3 saturated heterocycles. The summed E-state index contributed by atoms with van der Waals surface area (Å²) >= 11 is 0. The molecule has 2 N–H and O–H groups in total. The highest BCUT2D eigenvalue weighted by Crippen LogP contribution is 2.26. The first-order chi connectivity index (χ1) is 17.1. The number of amides is 3. The number of nitrogens with zero attached hydrogens (tertiary/aromatic N) is 4. The Balaban J connectivity index is 1.08. The molecule has 35 heavy (non-hydrogen) atoms. The zero-order valence-corrected chi connectivity index (χ0v) is 20.0. The molecule has 0 atom stereocenters. The summed E-state index contributed by atoms with van der Waals surface area (Å²) in [4.78, 5) is 35.3. The molecule has 0 unspecified atom stereocenters.